The summed E-state index contributed by atoms with van der Waals surface area (Å²) < 4.78 is 0. The maximum Gasteiger partial charge on any atom is 0.236 e. The van der Waals surface area contributed by atoms with Crippen molar-refractivity contribution < 1.29 is 9.59 Å². The van der Waals surface area contributed by atoms with E-state index < -0.39 is 0 Å². The van der Waals surface area contributed by atoms with Gasteiger partial charge in [0.05, 0.1) is 13.1 Å². The van der Waals surface area contributed by atoms with Crippen LogP contribution in [-0.2, 0) is 9.59 Å². The fourth-order valence-corrected chi connectivity index (χ4v) is 1.63. The number of nitrogens with one attached hydrogen (secondary N) is 1. The Kier molecular flexibility index (Phi) is 4.75. The molecule has 1 aliphatic rings. The van der Waals surface area contributed by atoms with E-state index in [-0.39, 0.29) is 11.7 Å². The Morgan fingerprint density at radius 1 is 1.53 bits per heavy atom. The summed E-state index contributed by atoms with van der Waals surface area (Å²) in [6.45, 7) is 6.43. The molecule has 0 saturated carbocycles. The van der Waals surface area contributed by atoms with E-state index in [1.165, 1.54) is 0 Å². The molecule has 15 heavy (non-hydrogen) atoms. The fraction of sp³-hybridized carbons (Fsp3) is 0.818. The van der Waals surface area contributed by atoms with Gasteiger partial charge in [0.1, 0.15) is 0 Å². The molecule has 0 aliphatic carbocycles. The SMILES string of the molecule is CC(C)CNCC(=O)N1CCCC(=O)C1. The number of hydrogen-bond acceptors (Lipinski definition) is 3. The van der Waals surface area contributed by atoms with Gasteiger partial charge in [-0.1, -0.05) is 13.8 Å². The van der Waals surface area contributed by atoms with Crippen molar-refractivity contribution >= 4 is 11.7 Å². The molecule has 4 heteroatoms. The van der Waals surface area contributed by atoms with Crippen molar-refractivity contribution in [3.63, 3.8) is 0 Å². The number of likely N-dealkylation sites (tertiary alicyclic amines) is 1. The highest BCUT2D eigenvalue weighted by atomic mass is 16.2. The molecule has 0 unspecified atom stereocenters. The van der Waals surface area contributed by atoms with E-state index >= 15 is 0 Å². The zero-order chi connectivity index (χ0) is 11.3. The topological polar surface area (TPSA) is 49.4 Å². The van der Waals surface area contributed by atoms with Crippen molar-refractivity contribution in [2.24, 2.45) is 5.92 Å². The zero-order valence-electron chi connectivity index (χ0n) is 9.58. The lowest BCUT2D eigenvalue weighted by Gasteiger charge is -2.26. The quantitative estimate of drug-likeness (QED) is 0.735. The van der Waals surface area contributed by atoms with Gasteiger partial charge in [0, 0.05) is 13.0 Å². The van der Waals surface area contributed by atoms with Crippen molar-refractivity contribution in [3.05, 3.63) is 0 Å². The first-order valence-electron chi connectivity index (χ1n) is 5.60. The molecule has 1 rings (SSSR count). The number of hydrogen-bond donors (Lipinski definition) is 1. The lowest BCUT2D eigenvalue weighted by molar-refractivity contribution is -0.136. The number of ketones is 1. The normalized spacial score (nSPS) is 17.3. The standard InChI is InChI=1S/C11H20N2O2/c1-9(2)6-12-7-11(15)13-5-3-4-10(14)8-13/h9,12H,3-8H2,1-2H3. The van der Waals surface area contributed by atoms with Gasteiger partial charge in [0.15, 0.2) is 5.78 Å². The van der Waals surface area contributed by atoms with Crippen LogP contribution in [0, 0.1) is 5.92 Å². The third kappa shape index (κ3) is 4.42. The molecule has 0 radical (unpaired) electrons. The van der Waals surface area contributed by atoms with E-state index in [0.29, 0.717) is 25.4 Å². The van der Waals surface area contributed by atoms with Crippen LogP contribution in [0.15, 0.2) is 0 Å². The molecule has 0 spiro atoms. The van der Waals surface area contributed by atoms with E-state index in [0.717, 1.165) is 19.5 Å². The largest absolute Gasteiger partial charge is 0.334 e. The second-order valence-corrected chi connectivity index (χ2v) is 4.48. The lowest BCUT2D eigenvalue weighted by Crippen LogP contribution is -2.44. The Morgan fingerprint density at radius 2 is 2.27 bits per heavy atom. The molecule has 0 aromatic carbocycles. The molecule has 1 saturated heterocycles. The molecule has 1 N–H and O–H groups in total. The van der Waals surface area contributed by atoms with E-state index in [4.69, 9.17) is 0 Å². The number of carbonyl (C=O) groups is 2. The first-order valence-corrected chi connectivity index (χ1v) is 5.60. The summed E-state index contributed by atoms with van der Waals surface area (Å²) in [5.41, 5.74) is 0. The minimum absolute atomic E-state index is 0.0451. The summed E-state index contributed by atoms with van der Waals surface area (Å²) in [6.07, 6.45) is 1.44. The summed E-state index contributed by atoms with van der Waals surface area (Å²) in [5.74, 6) is 0.767. The molecule has 1 heterocycles. The molecule has 86 valence electrons. The first kappa shape index (κ1) is 12.2. The van der Waals surface area contributed by atoms with E-state index in [1.54, 1.807) is 4.90 Å². The Bertz CT molecular complexity index is 239. The van der Waals surface area contributed by atoms with Crippen LogP contribution in [0.25, 0.3) is 0 Å². The van der Waals surface area contributed by atoms with Crippen LogP contribution in [0.5, 0.6) is 0 Å². The maximum atomic E-state index is 11.6. The summed E-state index contributed by atoms with van der Waals surface area (Å²) >= 11 is 0. The Balaban J connectivity index is 2.24. The Labute approximate surface area is 91.0 Å². The highest BCUT2D eigenvalue weighted by Gasteiger charge is 2.20. The number of rotatable bonds is 4. The third-order valence-electron chi connectivity index (χ3n) is 2.43. The van der Waals surface area contributed by atoms with Gasteiger partial charge in [-0.25, -0.2) is 0 Å². The van der Waals surface area contributed by atoms with Crippen LogP contribution >= 0.6 is 0 Å². The summed E-state index contributed by atoms with van der Waals surface area (Å²) in [4.78, 5) is 24.4. The number of carbonyl (C=O) groups excluding carboxylic acids is 2. The molecular weight excluding hydrogens is 192 g/mol. The maximum absolute atomic E-state index is 11.6. The molecule has 0 bridgehead atoms. The molecule has 1 amide bonds. The minimum Gasteiger partial charge on any atom is -0.334 e. The molecule has 1 fully saturated rings. The molecule has 0 atom stereocenters. The van der Waals surface area contributed by atoms with Crippen LogP contribution in [0.2, 0.25) is 0 Å². The molecule has 4 nitrogen and oxygen atoms in total. The molecule has 0 aromatic rings. The van der Waals surface area contributed by atoms with E-state index in [1.807, 2.05) is 0 Å². The Hall–Kier alpha value is -0.900. The smallest absolute Gasteiger partial charge is 0.236 e. The van der Waals surface area contributed by atoms with Crippen LogP contribution < -0.4 is 5.32 Å². The van der Waals surface area contributed by atoms with Gasteiger partial charge in [-0.2, -0.15) is 0 Å². The summed E-state index contributed by atoms with van der Waals surface area (Å²) in [5, 5.41) is 3.09. The number of Topliss-reactive ketones (excluding diaryl/α,β-unsaturated/α-hetero) is 1. The third-order valence-corrected chi connectivity index (χ3v) is 2.43. The first-order chi connectivity index (χ1) is 7.09. The fourth-order valence-electron chi connectivity index (χ4n) is 1.63. The van der Waals surface area contributed by atoms with Gasteiger partial charge in [-0.05, 0) is 18.9 Å². The monoisotopic (exact) mass is 212 g/mol. The number of nitrogens with zero attached hydrogens (tertiary/aromatic N) is 1. The van der Waals surface area contributed by atoms with Crippen molar-refractivity contribution in [2.45, 2.75) is 26.7 Å². The molecule has 0 aromatic heterocycles. The zero-order valence-corrected chi connectivity index (χ0v) is 9.58. The van der Waals surface area contributed by atoms with Gasteiger partial charge in [-0.3, -0.25) is 9.59 Å². The van der Waals surface area contributed by atoms with Crippen molar-refractivity contribution in [1.82, 2.24) is 10.2 Å². The average Bonchev–Trinajstić information content (AvgIpc) is 2.17. The predicted octanol–water partition coefficient (Wildman–Crippen LogP) is 0.424. The Morgan fingerprint density at radius 3 is 2.87 bits per heavy atom. The van der Waals surface area contributed by atoms with Gasteiger partial charge < -0.3 is 10.2 Å². The van der Waals surface area contributed by atoms with Crippen molar-refractivity contribution in [1.29, 1.82) is 0 Å². The van der Waals surface area contributed by atoms with Gasteiger partial charge in [0.2, 0.25) is 5.91 Å². The molecule has 1 aliphatic heterocycles. The van der Waals surface area contributed by atoms with Crippen molar-refractivity contribution in [3.8, 4) is 0 Å². The summed E-state index contributed by atoms with van der Waals surface area (Å²) in [7, 11) is 0. The van der Waals surface area contributed by atoms with Crippen LogP contribution in [-0.4, -0.2) is 42.8 Å². The van der Waals surface area contributed by atoms with Crippen LogP contribution in [0.3, 0.4) is 0 Å². The van der Waals surface area contributed by atoms with Gasteiger partial charge in [-0.15, -0.1) is 0 Å². The van der Waals surface area contributed by atoms with E-state index in [9.17, 15) is 9.59 Å². The second kappa shape index (κ2) is 5.85. The van der Waals surface area contributed by atoms with Crippen molar-refractivity contribution in [2.75, 3.05) is 26.2 Å². The van der Waals surface area contributed by atoms with Crippen LogP contribution in [0.4, 0.5) is 0 Å². The predicted molar refractivity (Wildman–Crippen MR) is 58.5 cm³/mol. The second-order valence-electron chi connectivity index (χ2n) is 4.48. The van der Waals surface area contributed by atoms with Gasteiger partial charge in [0.25, 0.3) is 0 Å². The average molecular weight is 212 g/mol. The highest BCUT2D eigenvalue weighted by molar-refractivity contribution is 5.87. The lowest BCUT2D eigenvalue weighted by atomic mass is 10.1. The number of piperidine rings is 1. The summed E-state index contributed by atoms with van der Waals surface area (Å²) in [6, 6.07) is 0. The van der Waals surface area contributed by atoms with E-state index in [2.05, 4.69) is 19.2 Å². The van der Waals surface area contributed by atoms with Crippen LogP contribution in [0.1, 0.15) is 26.7 Å². The number of amides is 1. The minimum atomic E-state index is 0.0451. The van der Waals surface area contributed by atoms with Gasteiger partial charge >= 0.3 is 0 Å². The molecular formula is C11H20N2O2. The highest BCUT2D eigenvalue weighted by Crippen LogP contribution is 2.05.